The zero-order valence-corrected chi connectivity index (χ0v) is 10.1. The summed E-state index contributed by atoms with van der Waals surface area (Å²) in [7, 11) is 0. The van der Waals surface area contributed by atoms with Gasteiger partial charge in [0.15, 0.2) is 0 Å². The lowest BCUT2D eigenvalue weighted by Gasteiger charge is -2.14. The van der Waals surface area contributed by atoms with E-state index < -0.39 is 6.36 Å². The number of alkyl halides is 3. The molecule has 2 N–H and O–H groups in total. The van der Waals surface area contributed by atoms with Crippen LogP contribution < -0.4 is 10.5 Å². The SMILES string of the molecule is CCSCC(N)c1cccc(OC(F)(F)F)c1. The number of nitrogens with two attached hydrogens (primary N) is 1. The minimum atomic E-state index is -4.67. The highest BCUT2D eigenvalue weighted by molar-refractivity contribution is 7.99. The van der Waals surface area contributed by atoms with E-state index >= 15 is 0 Å². The first-order valence-electron chi connectivity index (χ1n) is 5.11. The van der Waals surface area contributed by atoms with Crippen molar-refractivity contribution in [2.75, 3.05) is 11.5 Å². The van der Waals surface area contributed by atoms with Gasteiger partial charge in [0.25, 0.3) is 0 Å². The van der Waals surface area contributed by atoms with Gasteiger partial charge < -0.3 is 10.5 Å². The van der Waals surface area contributed by atoms with Crippen LogP contribution in [0.4, 0.5) is 13.2 Å². The molecule has 0 saturated carbocycles. The molecule has 1 atom stereocenters. The fraction of sp³-hybridized carbons (Fsp3) is 0.455. The van der Waals surface area contributed by atoms with E-state index in [9.17, 15) is 13.2 Å². The first-order valence-corrected chi connectivity index (χ1v) is 6.27. The molecule has 1 unspecified atom stereocenters. The number of benzene rings is 1. The van der Waals surface area contributed by atoms with Crippen LogP contribution in [-0.4, -0.2) is 17.9 Å². The molecule has 1 aromatic carbocycles. The zero-order valence-electron chi connectivity index (χ0n) is 9.33. The Balaban J connectivity index is 2.71. The smallest absolute Gasteiger partial charge is 0.406 e. The second-order valence-electron chi connectivity index (χ2n) is 3.39. The maximum Gasteiger partial charge on any atom is 0.573 e. The lowest BCUT2D eigenvalue weighted by Crippen LogP contribution is -2.18. The summed E-state index contributed by atoms with van der Waals surface area (Å²) in [6.07, 6.45) is -4.67. The van der Waals surface area contributed by atoms with Gasteiger partial charge in [-0.3, -0.25) is 0 Å². The molecule has 0 spiro atoms. The highest BCUT2D eigenvalue weighted by Gasteiger charge is 2.31. The molecular weight excluding hydrogens is 251 g/mol. The van der Waals surface area contributed by atoms with Gasteiger partial charge >= 0.3 is 6.36 Å². The molecule has 0 aliphatic rings. The molecule has 6 heteroatoms. The fourth-order valence-electron chi connectivity index (χ4n) is 1.28. The lowest BCUT2D eigenvalue weighted by molar-refractivity contribution is -0.274. The third kappa shape index (κ3) is 5.32. The predicted molar refractivity (Wildman–Crippen MR) is 63.1 cm³/mol. The molecule has 0 amide bonds. The number of hydrogen-bond donors (Lipinski definition) is 1. The van der Waals surface area contributed by atoms with Gasteiger partial charge in [0.1, 0.15) is 5.75 Å². The van der Waals surface area contributed by atoms with E-state index in [2.05, 4.69) is 4.74 Å². The average Bonchev–Trinajstić information content (AvgIpc) is 2.24. The van der Waals surface area contributed by atoms with E-state index in [1.807, 2.05) is 6.92 Å². The van der Waals surface area contributed by atoms with Crippen molar-refractivity contribution in [3.05, 3.63) is 29.8 Å². The minimum absolute atomic E-state index is 0.230. The molecule has 2 nitrogen and oxygen atoms in total. The maximum atomic E-state index is 12.0. The van der Waals surface area contributed by atoms with E-state index in [1.165, 1.54) is 18.2 Å². The van der Waals surface area contributed by atoms with Gasteiger partial charge in [0.2, 0.25) is 0 Å². The van der Waals surface area contributed by atoms with Gasteiger partial charge in [-0.05, 0) is 23.4 Å². The number of rotatable bonds is 5. The third-order valence-corrected chi connectivity index (χ3v) is 3.02. The van der Waals surface area contributed by atoms with E-state index in [1.54, 1.807) is 17.8 Å². The molecule has 0 fully saturated rings. The average molecular weight is 265 g/mol. The Morgan fingerprint density at radius 2 is 2.12 bits per heavy atom. The van der Waals surface area contributed by atoms with E-state index in [4.69, 9.17) is 5.73 Å². The largest absolute Gasteiger partial charge is 0.573 e. The molecule has 0 heterocycles. The van der Waals surface area contributed by atoms with Crippen LogP contribution in [0.15, 0.2) is 24.3 Å². The normalized spacial score (nSPS) is 13.5. The highest BCUT2D eigenvalue weighted by atomic mass is 32.2. The number of hydrogen-bond acceptors (Lipinski definition) is 3. The Hall–Kier alpha value is -0.880. The van der Waals surface area contributed by atoms with E-state index in [0.29, 0.717) is 11.3 Å². The molecule has 96 valence electrons. The molecule has 0 bridgehead atoms. The monoisotopic (exact) mass is 265 g/mol. The van der Waals surface area contributed by atoms with Crippen molar-refractivity contribution in [1.82, 2.24) is 0 Å². The highest BCUT2D eigenvalue weighted by Crippen LogP contribution is 2.25. The summed E-state index contributed by atoms with van der Waals surface area (Å²) in [6, 6.07) is 5.51. The summed E-state index contributed by atoms with van der Waals surface area (Å²) in [4.78, 5) is 0. The Kier molecular flexibility index (Phi) is 5.14. The standard InChI is InChI=1S/C11H14F3NOS/c1-2-17-7-10(15)8-4-3-5-9(6-8)16-11(12,13)14/h3-6,10H,2,7,15H2,1H3. The van der Waals surface area contributed by atoms with Crippen LogP contribution in [0.25, 0.3) is 0 Å². The van der Waals surface area contributed by atoms with Crippen molar-refractivity contribution < 1.29 is 17.9 Å². The molecule has 0 aliphatic carbocycles. The van der Waals surface area contributed by atoms with Crippen molar-refractivity contribution >= 4 is 11.8 Å². The minimum Gasteiger partial charge on any atom is -0.406 e. The topological polar surface area (TPSA) is 35.2 Å². The van der Waals surface area contributed by atoms with Crippen LogP contribution in [0.1, 0.15) is 18.5 Å². The number of halogens is 3. The summed E-state index contributed by atoms with van der Waals surface area (Å²) >= 11 is 1.64. The second kappa shape index (κ2) is 6.16. The molecule has 1 rings (SSSR count). The fourth-order valence-corrected chi connectivity index (χ4v) is 1.97. The van der Waals surface area contributed by atoms with Crippen LogP contribution in [-0.2, 0) is 0 Å². The van der Waals surface area contributed by atoms with Gasteiger partial charge in [0, 0.05) is 11.8 Å². The molecule has 17 heavy (non-hydrogen) atoms. The van der Waals surface area contributed by atoms with E-state index in [0.717, 1.165) is 5.75 Å². The van der Waals surface area contributed by atoms with Crippen molar-refractivity contribution in [3.8, 4) is 5.75 Å². The van der Waals surface area contributed by atoms with Crippen molar-refractivity contribution in [2.45, 2.75) is 19.3 Å². The molecular formula is C11H14F3NOS. The Morgan fingerprint density at radius 1 is 1.41 bits per heavy atom. The van der Waals surface area contributed by atoms with Crippen molar-refractivity contribution in [3.63, 3.8) is 0 Å². The van der Waals surface area contributed by atoms with Crippen molar-refractivity contribution in [2.24, 2.45) is 5.73 Å². The summed E-state index contributed by atoms with van der Waals surface area (Å²) in [5.41, 5.74) is 6.50. The molecule has 0 aromatic heterocycles. The first kappa shape index (κ1) is 14.2. The summed E-state index contributed by atoms with van der Waals surface area (Å²) in [5, 5.41) is 0. The first-order chi connectivity index (χ1) is 7.92. The predicted octanol–water partition coefficient (Wildman–Crippen LogP) is 3.34. The Bertz CT molecular complexity index is 357. The lowest BCUT2D eigenvalue weighted by atomic mass is 10.1. The van der Waals surface area contributed by atoms with Crippen LogP contribution in [0, 0.1) is 0 Å². The summed E-state index contributed by atoms with van der Waals surface area (Å²) in [5.74, 6) is 1.37. The third-order valence-electron chi connectivity index (χ3n) is 2.02. The quantitative estimate of drug-likeness (QED) is 0.886. The number of thioether (sulfide) groups is 1. The van der Waals surface area contributed by atoms with Crippen LogP contribution in [0.5, 0.6) is 5.75 Å². The zero-order chi connectivity index (χ0) is 12.9. The van der Waals surface area contributed by atoms with Gasteiger partial charge in [-0.1, -0.05) is 19.1 Å². The Labute approximate surface area is 102 Å². The van der Waals surface area contributed by atoms with Crippen LogP contribution in [0.3, 0.4) is 0 Å². The summed E-state index contributed by atoms with van der Waals surface area (Å²) in [6.45, 7) is 2.00. The van der Waals surface area contributed by atoms with Gasteiger partial charge in [-0.25, -0.2) is 0 Å². The molecule has 0 aliphatic heterocycles. The maximum absolute atomic E-state index is 12.0. The second-order valence-corrected chi connectivity index (χ2v) is 4.71. The Morgan fingerprint density at radius 3 is 2.71 bits per heavy atom. The summed E-state index contributed by atoms with van der Waals surface area (Å²) < 4.78 is 39.9. The molecule has 0 radical (unpaired) electrons. The number of ether oxygens (including phenoxy) is 1. The van der Waals surface area contributed by atoms with Gasteiger partial charge in [0.05, 0.1) is 0 Å². The van der Waals surface area contributed by atoms with Gasteiger partial charge in [-0.2, -0.15) is 11.8 Å². The van der Waals surface area contributed by atoms with Crippen LogP contribution >= 0.6 is 11.8 Å². The van der Waals surface area contributed by atoms with Crippen LogP contribution in [0.2, 0.25) is 0 Å². The molecule has 1 aromatic rings. The van der Waals surface area contributed by atoms with E-state index in [-0.39, 0.29) is 11.8 Å². The van der Waals surface area contributed by atoms with Gasteiger partial charge in [-0.15, -0.1) is 13.2 Å². The molecule has 0 saturated heterocycles. The van der Waals surface area contributed by atoms with Crippen molar-refractivity contribution in [1.29, 1.82) is 0 Å².